The summed E-state index contributed by atoms with van der Waals surface area (Å²) in [4.78, 5) is 12.0. The fraction of sp³-hybridized carbons (Fsp3) is 0.900. The van der Waals surface area contributed by atoms with Gasteiger partial charge in [-0.2, -0.15) is 0 Å². The van der Waals surface area contributed by atoms with Gasteiger partial charge in [-0.25, -0.2) is 0 Å². The van der Waals surface area contributed by atoms with Crippen molar-refractivity contribution in [3.8, 4) is 0 Å². The Bertz CT molecular complexity index is 300. The maximum absolute atomic E-state index is 12.0. The molecule has 66 valence electrons. The molecule has 0 radical (unpaired) electrons. The van der Waals surface area contributed by atoms with E-state index >= 15 is 0 Å². The molecule has 4 aliphatic carbocycles. The highest BCUT2D eigenvalue weighted by Crippen LogP contribution is 2.81. The van der Waals surface area contributed by atoms with Crippen LogP contribution in [0.4, 0.5) is 0 Å². The minimum atomic E-state index is -0.0885. The number of alkyl halides is 1. The predicted octanol–water partition coefficient (Wildman–Crippen LogP) is 2.53. The molecule has 4 bridgehead atoms. The Morgan fingerprint density at radius 3 is 2.50 bits per heavy atom. The smallest absolute Gasteiger partial charge is 0.156 e. The van der Waals surface area contributed by atoms with Gasteiger partial charge in [-0.1, -0.05) is 29.8 Å². The molecule has 0 aromatic carbocycles. The van der Waals surface area contributed by atoms with Gasteiger partial charge < -0.3 is 0 Å². The highest BCUT2D eigenvalue weighted by Gasteiger charge is 2.82. The van der Waals surface area contributed by atoms with Crippen LogP contribution in [0.1, 0.15) is 33.1 Å². The standard InChI is InChI=1S/C10H13BrO/c1-8-4-3-6-9(8,2)5-10(6,11)7(8)12/h6H,3-5H2,1-2H3/t6?,8?,9-,10?/m1/s1. The van der Waals surface area contributed by atoms with Crippen molar-refractivity contribution in [1.82, 2.24) is 0 Å². The van der Waals surface area contributed by atoms with Crippen molar-refractivity contribution in [2.45, 2.75) is 37.4 Å². The fourth-order valence-corrected chi connectivity index (χ4v) is 5.82. The molecule has 3 unspecified atom stereocenters. The first-order valence-electron chi connectivity index (χ1n) is 4.69. The Morgan fingerprint density at radius 2 is 2.17 bits per heavy atom. The quantitative estimate of drug-likeness (QED) is 0.583. The van der Waals surface area contributed by atoms with Gasteiger partial charge in [-0.05, 0) is 30.6 Å². The van der Waals surface area contributed by atoms with Gasteiger partial charge in [0, 0.05) is 5.41 Å². The Balaban J connectivity index is 2.24. The maximum atomic E-state index is 12.0. The second kappa shape index (κ2) is 1.56. The first-order valence-corrected chi connectivity index (χ1v) is 5.48. The van der Waals surface area contributed by atoms with Crippen LogP contribution in [0.5, 0.6) is 0 Å². The third-order valence-electron chi connectivity index (χ3n) is 5.02. The minimum absolute atomic E-state index is 0.0150. The summed E-state index contributed by atoms with van der Waals surface area (Å²) in [5.74, 6) is 1.14. The van der Waals surface area contributed by atoms with Crippen molar-refractivity contribution >= 4 is 21.7 Å². The maximum Gasteiger partial charge on any atom is 0.156 e. The largest absolute Gasteiger partial charge is 0.297 e. The molecule has 0 N–H and O–H groups in total. The number of ketones is 1. The molecule has 4 aliphatic rings. The van der Waals surface area contributed by atoms with E-state index in [9.17, 15) is 4.79 Å². The summed E-state index contributed by atoms with van der Waals surface area (Å²) in [5, 5.41) is 0. The van der Waals surface area contributed by atoms with Gasteiger partial charge in [-0.15, -0.1) is 0 Å². The van der Waals surface area contributed by atoms with Crippen LogP contribution in [0, 0.1) is 16.7 Å². The summed E-state index contributed by atoms with van der Waals surface area (Å²) in [5.41, 5.74) is 0.356. The Morgan fingerprint density at radius 1 is 1.50 bits per heavy atom. The molecule has 1 nitrogen and oxygen atoms in total. The summed E-state index contributed by atoms with van der Waals surface area (Å²) >= 11 is 3.65. The molecule has 4 saturated carbocycles. The van der Waals surface area contributed by atoms with Crippen LogP contribution in [-0.2, 0) is 4.79 Å². The SMILES string of the molecule is CC12CCC3C(Br)(C[C@]31C)C2=O. The molecular formula is C10H13BrO. The molecule has 4 atom stereocenters. The molecule has 0 saturated heterocycles. The zero-order valence-corrected chi connectivity index (χ0v) is 9.07. The topological polar surface area (TPSA) is 17.1 Å². The van der Waals surface area contributed by atoms with Gasteiger partial charge in [0.2, 0.25) is 0 Å². The average Bonchev–Trinajstić information content (AvgIpc) is 2.30. The molecule has 12 heavy (non-hydrogen) atoms. The second-order valence-electron chi connectivity index (χ2n) is 5.21. The van der Waals surface area contributed by atoms with Gasteiger partial charge in [0.05, 0.1) is 4.32 Å². The fourth-order valence-electron chi connectivity index (χ4n) is 4.07. The first kappa shape index (κ1) is 7.54. The summed E-state index contributed by atoms with van der Waals surface area (Å²) < 4.78 is -0.0885. The number of carbonyl (C=O) groups is 1. The molecular weight excluding hydrogens is 216 g/mol. The van der Waals surface area contributed by atoms with E-state index in [1.165, 1.54) is 6.42 Å². The summed E-state index contributed by atoms with van der Waals surface area (Å²) in [7, 11) is 0. The van der Waals surface area contributed by atoms with E-state index in [4.69, 9.17) is 0 Å². The van der Waals surface area contributed by atoms with E-state index in [0.717, 1.165) is 12.8 Å². The van der Waals surface area contributed by atoms with Crippen molar-refractivity contribution in [3.63, 3.8) is 0 Å². The zero-order chi connectivity index (χ0) is 8.78. The Labute approximate surface area is 81.0 Å². The lowest BCUT2D eigenvalue weighted by atomic mass is 9.60. The van der Waals surface area contributed by atoms with Crippen LogP contribution in [0.2, 0.25) is 0 Å². The van der Waals surface area contributed by atoms with E-state index in [-0.39, 0.29) is 9.74 Å². The van der Waals surface area contributed by atoms with Crippen LogP contribution in [0.3, 0.4) is 0 Å². The van der Waals surface area contributed by atoms with Crippen LogP contribution in [-0.4, -0.2) is 10.1 Å². The average molecular weight is 229 g/mol. The van der Waals surface area contributed by atoms with Crippen molar-refractivity contribution in [3.05, 3.63) is 0 Å². The molecule has 0 spiro atoms. The van der Waals surface area contributed by atoms with Crippen LogP contribution < -0.4 is 0 Å². The summed E-state index contributed by atoms with van der Waals surface area (Å²) in [6.07, 6.45) is 3.46. The molecule has 0 amide bonds. The van der Waals surface area contributed by atoms with Gasteiger partial charge in [-0.3, -0.25) is 4.79 Å². The van der Waals surface area contributed by atoms with E-state index in [0.29, 0.717) is 17.1 Å². The zero-order valence-electron chi connectivity index (χ0n) is 7.48. The highest BCUT2D eigenvalue weighted by molar-refractivity contribution is 9.10. The Hall–Kier alpha value is 0.150. The van der Waals surface area contributed by atoms with E-state index in [1.807, 2.05) is 0 Å². The lowest BCUT2D eigenvalue weighted by Crippen LogP contribution is -2.49. The van der Waals surface area contributed by atoms with Crippen LogP contribution in [0.15, 0.2) is 0 Å². The molecule has 0 aromatic heterocycles. The molecule has 4 fully saturated rings. The molecule has 0 heterocycles. The van der Waals surface area contributed by atoms with Gasteiger partial charge >= 0.3 is 0 Å². The van der Waals surface area contributed by atoms with Gasteiger partial charge in [0.15, 0.2) is 5.78 Å². The molecule has 4 rings (SSSR count). The molecule has 0 aromatic rings. The van der Waals surface area contributed by atoms with E-state index in [2.05, 4.69) is 29.8 Å². The van der Waals surface area contributed by atoms with Crippen LogP contribution >= 0.6 is 15.9 Å². The number of carbonyl (C=O) groups excluding carboxylic acids is 1. The number of halogens is 1. The van der Waals surface area contributed by atoms with Crippen molar-refractivity contribution in [1.29, 1.82) is 0 Å². The predicted molar refractivity (Wildman–Crippen MR) is 50.2 cm³/mol. The molecule has 2 heteroatoms. The van der Waals surface area contributed by atoms with Gasteiger partial charge in [0.1, 0.15) is 0 Å². The summed E-state index contributed by atoms with van der Waals surface area (Å²) in [6, 6.07) is 0. The number of hydrogen-bond acceptors (Lipinski definition) is 1. The Kier molecular flexibility index (Phi) is 0.980. The second-order valence-corrected chi connectivity index (χ2v) is 6.62. The number of rotatable bonds is 0. The highest BCUT2D eigenvalue weighted by atomic mass is 79.9. The first-order chi connectivity index (χ1) is 5.45. The third kappa shape index (κ3) is 0.417. The van der Waals surface area contributed by atoms with Crippen molar-refractivity contribution in [2.75, 3.05) is 0 Å². The third-order valence-corrected chi connectivity index (χ3v) is 6.21. The lowest BCUT2D eigenvalue weighted by Gasteiger charge is -2.48. The van der Waals surface area contributed by atoms with Crippen molar-refractivity contribution in [2.24, 2.45) is 16.7 Å². The van der Waals surface area contributed by atoms with Crippen LogP contribution in [0.25, 0.3) is 0 Å². The number of hydrogen-bond donors (Lipinski definition) is 0. The lowest BCUT2D eigenvalue weighted by molar-refractivity contribution is -0.126. The molecule has 0 aliphatic heterocycles. The monoisotopic (exact) mass is 228 g/mol. The van der Waals surface area contributed by atoms with Gasteiger partial charge in [0.25, 0.3) is 0 Å². The summed E-state index contributed by atoms with van der Waals surface area (Å²) in [6.45, 7) is 4.47. The van der Waals surface area contributed by atoms with E-state index in [1.54, 1.807) is 0 Å². The minimum Gasteiger partial charge on any atom is -0.297 e. The van der Waals surface area contributed by atoms with E-state index < -0.39 is 0 Å². The number of Topliss-reactive ketones (excluding diaryl/α,β-unsaturated/α-hetero) is 1. The van der Waals surface area contributed by atoms with Crippen molar-refractivity contribution < 1.29 is 4.79 Å². The normalized spacial score (nSPS) is 66.9.